The van der Waals surface area contributed by atoms with E-state index in [0.717, 1.165) is 6.20 Å². The zero-order valence-electron chi connectivity index (χ0n) is 12.6. The summed E-state index contributed by atoms with van der Waals surface area (Å²) in [6.45, 7) is 4.87. The van der Waals surface area contributed by atoms with Gasteiger partial charge in [0.2, 0.25) is 0 Å². The predicted molar refractivity (Wildman–Crippen MR) is 77.8 cm³/mol. The average Bonchev–Trinajstić information content (AvgIpc) is 2.82. The highest BCUT2D eigenvalue weighted by atomic mass is 19.1. The molecule has 2 aliphatic rings. The van der Waals surface area contributed by atoms with Crippen LogP contribution in [0.15, 0.2) is 18.5 Å². The number of pyridine rings is 1. The van der Waals surface area contributed by atoms with Gasteiger partial charge >= 0.3 is 6.03 Å². The van der Waals surface area contributed by atoms with Crippen LogP contribution in [0.4, 0.5) is 9.18 Å². The van der Waals surface area contributed by atoms with Gasteiger partial charge in [-0.05, 0) is 26.3 Å². The number of nitrogens with zero attached hydrogens (tertiary/aromatic N) is 3. The minimum Gasteiger partial charge on any atom is -0.336 e. The summed E-state index contributed by atoms with van der Waals surface area (Å²) in [7, 11) is 0. The first-order valence-corrected chi connectivity index (χ1v) is 7.46. The summed E-state index contributed by atoms with van der Waals surface area (Å²) in [6, 6.07) is 1.41. The minimum absolute atomic E-state index is 0.0264. The summed E-state index contributed by atoms with van der Waals surface area (Å²) in [6.07, 6.45) is 3.14. The van der Waals surface area contributed by atoms with Crippen molar-refractivity contribution in [3.05, 3.63) is 29.8 Å². The standard InChI is InChI=1S/C15H19FN4O2/c1-9(2)20-13-4-6-19(8-12(13)18-15(20)22)14(21)10-3-5-17-7-11(10)16/h3,5,7,9,12-13H,4,6,8H2,1-2H3,(H,18,22)/t12-,13+/m1/s1. The van der Waals surface area contributed by atoms with Crippen LogP contribution in [0.1, 0.15) is 30.6 Å². The Kier molecular flexibility index (Phi) is 3.72. The maximum atomic E-state index is 13.7. The Morgan fingerprint density at radius 3 is 2.95 bits per heavy atom. The lowest BCUT2D eigenvalue weighted by Crippen LogP contribution is -2.53. The molecule has 3 rings (SSSR count). The molecule has 1 aromatic rings. The fourth-order valence-electron chi connectivity index (χ4n) is 3.32. The van der Waals surface area contributed by atoms with Crippen molar-refractivity contribution in [1.82, 2.24) is 20.1 Å². The Morgan fingerprint density at radius 1 is 1.50 bits per heavy atom. The molecule has 0 aromatic carbocycles. The molecule has 7 heteroatoms. The lowest BCUT2D eigenvalue weighted by Gasteiger charge is -2.38. The number of likely N-dealkylation sites (tertiary alicyclic amines) is 1. The summed E-state index contributed by atoms with van der Waals surface area (Å²) in [4.78, 5) is 31.6. The van der Waals surface area contributed by atoms with E-state index in [1.807, 2.05) is 18.7 Å². The van der Waals surface area contributed by atoms with E-state index in [0.29, 0.717) is 19.5 Å². The zero-order valence-corrected chi connectivity index (χ0v) is 12.6. The van der Waals surface area contributed by atoms with Gasteiger partial charge in [0.25, 0.3) is 5.91 Å². The second kappa shape index (κ2) is 5.55. The van der Waals surface area contributed by atoms with E-state index in [4.69, 9.17) is 0 Å². The smallest absolute Gasteiger partial charge is 0.318 e. The van der Waals surface area contributed by atoms with E-state index in [9.17, 15) is 14.0 Å². The molecule has 6 nitrogen and oxygen atoms in total. The number of nitrogens with one attached hydrogen (secondary N) is 1. The van der Waals surface area contributed by atoms with Gasteiger partial charge in [-0.15, -0.1) is 0 Å². The van der Waals surface area contributed by atoms with Gasteiger partial charge in [0.1, 0.15) is 0 Å². The summed E-state index contributed by atoms with van der Waals surface area (Å²) < 4.78 is 13.7. The number of carbonyl (C=O) groups is 2. The van der Waals surface area contributed by atoms with Crippen LogP contribution in [0.2, 0.25) is 0 Å². The fourth-order valence-corrected chi connectivity index (χ4v) is 3.32. The number of urea groups is 1. The van der Waals surface area contributed by atoms with E-state index in [2.05, 4.69) is 10.3 Å². The predicted octanol–water partition coefficient (Wildman–Crippen LogP) is 1.24. The number of piperidine rings is 1. The fraction of sp³-hybridized carbons (Fsp3) is 0.533. The first kappa shape index (κ1) is 14.7. The summed E-state index contributed by atoms with van der Waals surface area (Å²) in [5.74, 6) is -0.968. The first-order chi connectivity index (χ1) is 10.5. The van der Waals surface area contributed by atoms with Crippen molar-refractivity contribution in [2.24, 2.45) is 0 Å². The molecule has 0 bridgehead atoms. The van der Waals surface area contributed by atoms with Crippen LogP contribution in [-0.2, 0) is 0 Å². The van der Waals surface area contributed by atoms with Crippen molar-refractivity contribution in [3.8, 4) is 0 Å². The number of aromatic nitrogens is 1. The molecule has 118 valence electrons. The molecule has 0 saturated carbocycles. The van der Waals surface area contributed by atoms with Crippen LogP contribution in [-0.4, -0.2) is 57.9 Å². The van der Waals surface area contributed by atoms with Gasteiger partial charge in [-0.2, -0.15) is 0 Å². The van der Waals surface area contributed by atoms with Gasteiger partial charge in [0, 0.05) is 25.3 Å². The first-order valence-electron chi connectivity index (χ1n) is 7.46. The van der Waals surface area contributed by atoms with Gasteiger partial charge in [-0.3, -0.25) is 9.78 Å². The molecule has 3 heterocycles. The molecule has 1 aromatic heterocycles. The van der Waals surface area contributed by atoms with Crippen LogP contribution >= 0.6 is 0 Å². The zero-order chi connectivity index (χ0) is 15.9. The van der Waals surface area contributed by atoms with Crippen molar-refractivity contribution in [1.29, 1.82) is 0 Å². The third-order valence-corrected chi connectivity index (χ3v) is 4.32. The Morgan fingerprint density at radius 2 is 2.27 bits per heavy atom. The van der Waals surface area contributed by atoms with Crippen molar-refractivity contribution in [2.75, 3.05) is 13.1 Å². The van der Waals surface area contributed by atoms with E-state index in [-0.39, 0.29) is 35.6 Å². The second-order valence-corrected chi connectivity index (χ2v) is 6.02. The van der Waals surface area contributed by atoms with Crippen LogP contribution in [0, 0.1) is 5.82 Å². The highest BCUT2D eigenvalue weighted by molar-refractivity contribution is 5.94. The molecule has 0 aliphatic carbocycles. The normalized spacial score (nSPS) is 24.5. The SMILES string of the molecule is CC(C)N1C(=O)N[C@@H]2CN(C(=O)c3ccncc3F)CC[C@@H]21. The molecular formula is C15H19FN4O2. The Balaban J connectivity index is 1.75. The monoisotopic (exact) mass is 306 g/mol. The number of fused-ring (bicyclic) bond motifs is 1. The van der Waals surface area contributed by atoms with Gasteiger partial charge < -0.3 is 15.1 Å². The second-order valence-electron chi connectivity index (χ2n) is 6.02. The number of amides is 3. The molecule has 2 atom stereocenters. The molecule has 1 N–H and O–H groups in total. The molecule has 0 spiro atoms. The van der Waals surface area contributed by atoms with Crippen molar-refractivity contribution < 1.29 is 14.0 Å². The largest absolute Gasteiger partial charge is 0.336 e. The molecular weight excluding hydrogens is 287 g/mol. The van der Waals surface area contributed by atoms with Crippen LogP contribution in [0.25, 0.3) is 0 Å². The van der Waals surface area contributed by atoms with Gasteiger partial charge in [-0.1, -0.05) is 0 Å². The van der Waals surface area contributed by atoms with Gasteiger partial charge in [0.15, 0.2) is 5.82 Å². The maximum absolute atomic E-state index is 13.7. The molecule has 22 heavy (non-hydrogen) atoms. The molecule has 2 fully saturated rings. The van der Waals surface area contributed by atoms with E-state index >= 15 is 0 Å². The lowest BCUT2D eigenvalue weighted by atomic mass is 9.98. The molecule has 2 saturated heterocycles. The van der Waals surface area contributed by atoms with Crippen molar-refractivity contribution in [3.63, 3.8) is 0 Å². The summed E-state index contributed by atoms with van der Waals surface area (Å²) >= 11 is 0. The highest BCUT2D eigenvalue weighted by Gasteiger charge is 2.44. The quantitative estimate of drug-likeness (QED) is 0.894. The minimum atomic E-state index is -0.617. The Labute approximate surface area is 128 Å². The number of carbonyl (C=O) groups excluding carboxylic acids is 2. The Bertz CT molecular complexity index is 607. The maximum Gasteiger partial charge on any atom is 0.318 e. The molecule has 0 unspecified atom stereocenters. The van der Waals surface area contributed by atoms with E-state index in [1.165, 1.54) is 12.3 Å². The van der Waals surface area contributed by atoms with E-state index in [1.54, 1.807) is 4.90 Å². The number of rotatable bonds is 2. The molecule has 2 aliphatic heterocycles. The topological polar surface area (TPSA) is 65.5 Å². The van der Waals surface area contributed by atoms with Gasteiger partial charge in [-0.25, -0.2) is 9.18 Å². The summed E-state index contributed by atoms with van der Waals surface area (Å²) in [5, 5.41) is 2.93. The number of halogens is 1. The number of hydrogen-bond acceptors (Lipinski definition) is 3. The Hall–Kier alpha value is -2.18. The highest BCUT2D eigenvalue weighted by Crippen LogP contribution is 2.25. The van der Waals surface area contributed by atoms with E-state index < -0.39 is 5.82 Å². The summed E-state index contributed by atoms with van der Waals surface area (Å²) in [5.41, 5.74) is 0.0264. The van der Waals surface area contributed by atoms with Crippen molar-refractivity contribution >= 4 is 11.9 Å². The van der Waals surface area contributed by atoms with Crippen LogP contribution in [0.3, 0.4) is 0 Å². The molecule has 0 radical (unpaired) electrons. The van der Waals surface area contributed by atoms with Crippen LogP contribution < -0.4 is 5.32 Å². The van der Waals surface area contributed by atoms with Gasteiger partial charge in [0.05, 0.1) is 23.8 Å². The third-order valence-electron chi connectivity index (χ3n) is 4.32. The average molecular weight is 306 g/mol. The third kappa shape index (κ3) is 2.40. The lowest BCUT2D eigenvalue weighted by molar-refractivity contribution is 0.0640. The molecule has 3 amide bonds. The van der Waals surface area contributed by atoms with Crippen molar-refractivity contribution in [2.45, 2.75) is 38.4 Å². The van der Waals surface area contributed by atoms with Crippen LogP contribution in [0.5, 0.6) is 0 Å². The number of hydrogen-bond donors (Lipinski definition) is 1.